The molecule has 3 rings (SSSR count). The zero-order chi connectivity index (χ0) is 20.5. The zero-order valence-electron chi connectivity index (χ0n) is 18.1. The predicted molar refractivity (Wildman–Crippen MR) is 123 cm³/mol. The lowest BCUT2D eigenvalue weighted by atomic mass is 9.88. The van der Waals surface area contributed by atoms with E-state index in [9.17, 15) is 4.79 Å². The van der Waals surface area contributed by atoms with Gasteiger partial charge in [-0.1, -0.05) is 49.7 Å². The Kier molecular flexibility index (Phi) is 10.2. The van der Waals surface area contributed by atoms with Gasteiger partial charge >= 0.3 is 5.97 Å². The Bertz CT molecular complexity index is 781. The number of hydrogen-bond donors (Lipinski definition) is 1. The summed E-state index contributed by atoms with van der Waals surface area (Å²) in [5.41, 5.74) is 4.01. The average molecular weight is 432 g/mol. The highest BCUT2D eigenvalue weighted by molar-refractivity contribution is 5.85. The van der Waals surface area contributed by atoms with E-state index >= 15 is 0 Å². The van der Waals surface area contributed by atoms with E-state index in [0.717, 1.165) is 44.4 Å². The van der Waals surface area contributed by atoms with Gasteiger partial charge in [-0.25, -0.2) is 4.79 Å². The molecule has 0 saturated carbocycles. The first kappa shape index (κ1) is 24.2. The van der Waals surface area contributed by atoms with Crippen molar-refractivity contribution >= 4 is 18.4 Å². The molecular formula is C25H34ClNO3. The lowest BCUT2D eigenvalue weighted by molar-refractivity contribution is -0.151. The summed E-state index contributed by atoms with van der Waals surface area (Å²) in [7, 11) is 0. The highest BCUT2D eigenvalue weighted by atomic mass is 35.5. The minimum Gasteiger partial charge on any atom is -0.479 e. The molecule has 0 spiro atoms. The van der Waals surface area contributed by atoms with Crippen molar-refractivity contribution in [1.29, 1.82) is 0 Å². The first-order valence-corrected chi connectivity index (χ1v) is 10.9. The fourth-order valence-corrected chi connectivity index (χ4v) is 3.85. The maximum Gasteiger partial charge on any atom is 0.347 e. The normalized spacial score (nSPS) is 16.1. The zero-order valence-corrected chi connectivity index (χ0v) is 18.9. The van der Waals surface area contributed by atoms with E-state index in [-0.39, 0.29) is 18.4 Å². The third kappa shape index (κ3) is 7.03. The van der Waals surface area contributed by atoms with Gasteiger partial charge in [0, 0.05) is 12.6 Å². The van der Waals surface area contributed by atoms with E-state index in [1.807, 2.05) is 19.1 Å². The van der Waals surface area contributed by atoms with Crippen molar-refractivity contribution in [1.82, 2.24) is 5.32 Å². The minimum absolute atomic E-state index is 0. The van der Waals surface area contributed by atoms with Crippen molar-refractivity contribution in [2.24, 2.45) is 0 Å². The van der Waals surface area contributed by atoms with E-state index in [0.29, 0.717) is 19.1 Å². The summed E-state index contributed by atoms with van der Waals surface area (Å²) in [6.45, 7) is 5.21. The van der Waals surface area contributed by atoms with Gasteiger partial charge in [-0.15, -0.1) is 12.4 Å². The van der Waals surface area contributed by atoms with Crippen molar-refractivity contribution < 1.29 is 14.3 Å². The van der Waals surface area contributed by atoms with E-state index in [4.69, 9.17) is 9.47 Å². The van der Waals surface area contributed by atoms with Crippen LogP contribution in [0.4, 0.5) is 0 Å². The van der Waals surface area contributed by atoms with Crippen LogP contribution in [0, 0.1) is 0 Å². The predicted octanol–water partition coefficient (Wildman–Crippen LogP) is 5.26. The van der Waals surface area contributed by atoms with Crippen LogP contribution in [0.2, 0.25) is 0 Å². The number of halogens is 1. The second-order valence-corrected chi connectivity index (χ2v) is 7.74. The van der Waals surface area contributed by atoms with Gasteiger partial charge < -0.3 is 14.8 Å². The second-order valence-electron chi connectivity index (χ2n) is 7.74. The Morgan fingerprint density at radius 3 is 2.67 bits per heavy atom. The van der Waals surface area contributed by atoms with Crippen molar-refractivity contribution in [3.05, 3.63) is 65.2 Å². The summed E-state index contributed by atoms with van der Waals surface area (Å²) < 4.78 is 11.3. The lowest BCUT2D eigenvalue weighted by Crippen LogP contribution is -2.34. The molecule has 0 saturated heterocycles. The highest BCUT2D eigenvalue weighted by Crippen LogP contribution is 2.27. The number of aryl methyl sites for hydroxylation is 1. The molecule has 2 aromatic rings. The number of nitrogens with one attached hydrogen (secondary N) is 1. The van der Waals surface area contributed by atoms with Gasteiger partial charge in [0.15, 0.2) is 6.10 Å². The van der Waals surface area contributed by atoms with Gasteiger partial charge in [-0.2, -0.15) is 0 Å². The monoisotopic (exact) mass is 431 g/mol. The van der Waals surface area contributed by atoms with Crippen LogP contribution < -0.4 is 10.1 Å². The molecule has 1 aliphatic carbocycles. The maximum absolute atomic E-state index is 12.3. The van der Waals surface area contributed by atoms with Crippen LogP contribution in [0.25, 0.3) is 0 Å². The molecule has 30 heavy (non-hydrogen) atoms. The molecule has 0 aromatic heterocycles. The molecule has 0 fully saturated rings. The van der Waals surface area contributed by atoms with Gasteiger partial charge in [0.25, 0.3) is 0 Å². The maximum atomic E-state index is 12.3. The van der Waals surface area contributed by atoms with Crippen molar-refractivity contribution in [2.45, 2.75) is 71.1 Å². The van der Waals surface area contributed by atoms with Crippen LogP contribution in [0.5, 0.6) is 5.75 Å². The quantitative estimate of drug-likeness (QED) is 0.521. The average Bonchev–Trinajstić information content (AvgIpc) is 2.75. The largest absolute Gasteiger partial charge is 0.479 e. The van der Waals surface area contributed by atoms with Gasteiger partial charge in [-0.05, 0) is 67.9 Å². The summed E-state index contributed by atoms with van der Waals surface area (Å²) in [6, 6.07) is 17.2. The number of ether oxygens (including phenoxy) is 2. The van der Waals surface area contributed by atoms with E-state index in [2.05, 4.69) is 48.6 Å². The first-order chi connectivity index (χ1) is 14.2. The number of hydrogen-bond acceptors (Lipinski definition) is 4. The molecule has 1 aliphatic rings. The Morgan fingerprint density at radius 1 is 1.13 bits per heavy atom. The molecular weight excluding hydrogens is 398 g/mol. The Morgan fingerprint density at radius 2 is 1.93 bits per heavy atom. The van der Waals surface area contributed by atoms with Crippen LogP contribution in [-0.4, -0.2) is 24.7 Å². The summed E-state index contributed by atoms with van der Waals surface area (Å²) in [5, 5.41) is 3.69. The first-order valence-electron chi connectivity index (χ1n) is 10.9. The molecule has 0 bridgehead atoms. The summed E-state index contributed by atoms with van der Waals surface area (Å²) in [4.78, 5) is 12.3. The van der Waals surface area contributed by atoms with Crippen LogP contribution in [0.15, 0.2) is 48.5 Å². The van der Waals surface area contributed by atoms with Gasteiger partial charge in [0.05, 0.1) is 6.61 Å². The van der Waals surface area contributed by atoms with E-state index in [1.54, 1.807) is 0 Å². The fourth-order valence-electron chi connectivity index (χ4n) is 3.85. The number of carbonyl (C=O) groups excluding carboxylic acids is 1. The smallest absolute Gasteiger partial charge is 0.347 e. The molecule has 0 aliphatic heterocycles. The molecule has 1 N–H and O–H groups in total. The van der Waals surface area contributed by atoms with Crippen LogP contribution in [0.1, 0.15) is 56.2 Å². The van der Waals surface area contributed by atoms with Crippen LogP contribution in [-0.2, 0) is 28.9 Å². The number of fused-ring (bicyclic) bond motifs is 1. The fraction of sp³-hybridized carbons (Fsp3) is 0.480. The van der Waals surface area contributed by atoms with Crippen molar-refractivity contribution in [3.63, 3.8) is 0 Å². The topological polar surface area (TPSA) is 47.6 Å². The second kappa shape index (κ2) is 12.6. The Labute approximate surface area is 186 Å². The molecule has 4 nitrogen and oxygen atoms in total. The Balaban J connectivity index is 0.00000320. The van der Waals surface area contributed by atoms with Crippen molar-refractivity contribution in [3.8, 4) is 5.75 Å². The summed E-state index contributed by atoms with van der Waals surface area (Å²) in [6.07, 6.45) is 5.33. The standard InChI is InChI=1S/C25H33NO3.ClH/c1-3-5-11-24(25(27)28-4-2)29-23-15-13-20-12-14-22(16-21(20)17-23)26-18-19-9-7-6-8-10-19;/h6-10,13,15,17,22,24,26H,3-5,11-12,14,16,18H2,1-2H3;1H. The van der Waals surface area contributed by atoms with Gasteiger partial charge in [-0.3, -0.25) is 0 Å². The third-order valence-electron chi connectivity index (χ3n) is 5.49. The summed E-state index contributed by atoms with van der Waals surface area (Å²) >= 11 is 0. The van der Waals surface area contributed by atoms with Crippen molar-refractivity contribution in [2.75, 3.05) is 6.61 Å². The molecule has 164 valence electrons. The number of benzene rings is 2. The molecule has 0 amide bonds. The number of unbranched alkanes of at least 4 members (excludes halogenated alkanes) is 1. The molecule has 0 heterocycles. The molecule has 2 unspecified atom stereocenters. The lowest BCUT2D eigenvalue weighted by Gasteiger charge is -2.26. The highest BCUT2D eigenvalue weighted by Gasteiger charge is 2.23. The van der Waals surface area contributed by atoms with E-state index < -0.39 is 6.10 Å². The molecule has 5 heteroatoms. The SMILES string of the molecule is CCCCC(Oc1ccc2c(c1)CC(NCc1ccccc1)CC2)C(=O)OCC.Cl. The number of carbonyl (C=O) groups is 1. The van der Waals surface area contributed by atoms with Gasteiger partial charge in [0.1, 0.15) is 5.75 Å². The van der Waals surface area contributed by atoms with E-state index in [1.165, 1.54) is 16.7 Å². The third-order valence-corrected chi connectivity index (χ3v) is 5.49. The molecule has 2 aromatic carbocycles. The molecule has 0 radical (unpaired) electrons. The van der Waals surface area contributed by atoms with Crippen LogP contribution in [0.3, 0.4) is 0 Å². The minimum atomic E-state index is -0.524. The molecule has 2 atom stereocenters. The summed E-state index contributed by atoms with van der Waals surface area (Å²) in [5.74, 6) is 0.502. The number of esters is 1. The number of rotatable bonds is 10. The van der Waals surface area contributed by atoms with Crippen LogP contribution >= 0.6 is 12.4 Å². The van der Waals surface area contributed by atoms with Gasteiger partial charge in [0.2, 0.25) is 0 Å². The Hall–Kier alpha value is -2.04.